The van der Waals surface area contributed by atoms with E-state index in [9.17, 15) is 10.1 Å². The van der Waals surface area contributed by atoms with E-state index in [0.717, 1.165) is 48.7 Å². The molecular formula is C25H26N10O. The second-order valence-electron chi connectivity index (χ2n) is 9.17. The molecule has 2 aliphatic rings. The highest BCUT2D eigenvalue weighted by molar-refractivity contribution is 5.78. The number of aldehydes is 1. The van der Waals surface area contributed by atoms with Crippen molar-refractivity contribution in [2.45, 2.75) is 45.1 Å². The first kappa shape index (κ1) is 23.3. The molecular weight excluding hydrogens is 456 g/mol. The zero-order valence-corrected chi connectivity index (χ0v) is 19.8. The predicted molar refractivity (Wildman–Crippen MR) is 133 cm³/mol. The first-order valence-electron chi connectivity index (χ1n) is 12.0. The van der Waals surface area contributed by atoms with Crippen molar-refractivity contribution >= 4 is 28.7 Å². The number of fused-ring (bicyclic) bond motifs is 1. The monoisotopic (exact) mass is 482 g/mol. The van der Waals surface area contributed by atoms with E-state index < -0.39 is 6.04 Å². The quantitative estimate of drug-likeness (QED) is 0.429. The van der Waals surface area contributed by atoms with Gasteiger partial charge in [0.05, 0.1) is 29.7 Å². The molecule has 11 nitrogen and oxygen atoms in total. The van der Waals surface area contributed by atoms with Crippen molar-refractivity contribution < 1.29 is 4.79 Å². The van der Waals surface area contributed by atoms with Gasteiger partial charge in [-0.3, -0.25) is 5.01 Å². The van der Waals surface area contributed by atoms with Crippen LogP contribution in [0.2, 0.25) is 0 Å². The van der Waals surface area contributed by atoms with E-state index in [4.69, 9.17) is 5.26 Å². The Morgan fingerprint density at radius 2 is 2.03 bits per heavy atom. The number of pyridine rings is 2. The summed E-state index contributed by atoms with van der Waals surface area (Å²) < 4.78 is 1.61. The summed E-state index contributed by atoms with van der Waals surface area (Å²) in [6.45, 7) is 1.78. The second kappa shape index (κ2) is 10.0. The van der Waals surface area contributed by atoms with Gasteiger partial charge >= 0.3 is 0 Å². The van der Waals surface area contributed by atoms with E-state index in [1.807, 2.05) is 17.3 Å². The van der Waals surface area contributed by atoms with Crippen LogP contribution in [-0.4, -0.2) is 32.1 Å². The highest BCUT2D eigenvalue weighted by atomic mass is 16.1. The van der Waals surface area contributed by atoms with Crippen LogP contribution in [-0.2, 0) is 4.79 Å². The summed E-state index contributed by atoms with van der Waals surface area (Å²) >= 11 is 0. The Kier molecular flexibility index (Phi) is 6.48. The highest BCUT2D eigenvalue weighted by Crippen LogP contribution is 2.36. The third-order valence-electron chi connectivity index (χ3n) is 6.75. The molecule has 182 valence electrons. The number of nitrogens with one attached hydrogen (secondary N) is 3. The third-order valence-corrected chi connectivity index (χ3v) is 6.75. The SMILES string of the molecule is C[C@H](C#N)Nc1cc(-n2ncc3cc(C#N)cnc32)ncc1N1C=C(C2CCC(CC=O)CC2)NN1. The van der Waals surface area contributed by atoms with Crippen molar-refractivity contribution in [2.24, 2.45) is 11.8 Å². The van der Waals surface area contributed by atoms with E-state index in [1.165, 1.54) is 6.20 Å². The fraction of sp³-hybridized carbons (Fsp3) is 0.360. The summed E-state index contributed by atoms with van der Waals surface area (Å²) in [6, 6.07) is 7.42. The number of anilines is 2. The number of carbonyl (C=O) groups excluding carboxylic acids is 1. The summed E-state index contributed by atoms with van der Waals surface area (Å²) in [5.74, 6) is 1.42. The summed E-state index contributed by atoms with van der Waals surface area (Å²) in [5.41, 5.74) is 10.1. The van der Waals surface area contributed by atoms with Crippen LogP contribution in [0.1, 0.15) is 44.6 Å². The molecule has 3 N–H and O–H groups in total. The summed E-state index contributed by atoms with van der Waals surface area (Å²) in [4.78, 5) is 19.8. The summed E-state index contributed by atoms with van der Waals surface area (Å²) in [6.07, 6.45) is 12.7. The molecule has 11 heteroatoms. The molecule has 0 radical (unpaired) electrons. The zero-order valence-electron chi connectivity index (χ0n) is 19.8. The molecule has 0 spiro atoms. The van der Waals surface area contributed by atoms with Crippen LogP contribution in [0.25, 0.3) is 16.9 Å². The normalized spacial score (nSPS) is 20.2. The van der Waals surface area contributed by atoms with E-state index >= 15 is 0 Å². The van der Waals surface area contributed by atoms with Crippen LogP contribution in [0.5, 0.6) is 0 Å². The molecule has 36 heavy (non-hydrogen) atoms. The molecule has 0 unspecified atom stereocenters. The number of hydrogen-bond acceptors (Lipinski definition) is 10. The van der Waals surface area contributed by atoms with Gasteiger partial charge in [0.1, 0.15) is 24.1 Å². The Morgan fingerprint density at radius 1 is 1.19 bits per heavy atom. The van der Waals surface area contributed by atoms with Gasteiger partial charge in [-0.15, -0.1) is 5.53 Å². The third kappa shape index (κ3) is 4.57. The van der Waals surface area contributed by atoms with Gasteiger partial charge in [0.15, 0.2) is 11.5 Å². The number of carbonyl (C=O) groups is 1. The second-order valence-corrected chi connectivity index (χ2v) is 9.17. The van der Waals surface area contributed by atoms with Crippen LogP contribution >= 0.6 is 0 Å². The smallest absolute Gasteiger partial charge is 0.164 e. The van der Waals surface area contributed by atoms with Crippen molar-refractivity contribution in [3.05, 3.63) is 48.2 Å². The topological polar surface area (TPSA) is 148 Å². The number of rotatable bonds is 7. The molecule has 3 aromatic rings. The number of aromatic nitrogens is 4. The first-order chi connectivity index (χ1) is 17.6. The molecule has 0 aromatic carbocycles. The standard InChI is InChI=1S/C25H26N10O/c1-16(10-26)31-21-9-24(35-25-20(13-30-35)8-18(11-27)12-29-25)28-14-23(21)34-15-22(32-33-34)19-4-2-17(3-5-19)6-7-36/h7-9,12-17,19,32-33H,2-6H2,1H3,(H,28,31)/t16-,17?,19?/m1/s1. The zero-order chi connectivity index (χ0) is 25.1. The molecule has 0 bridgehead atoms. The molecule has 1 atom stereocenters. The Balaban J connectivity index is 1.43. The average molecular weight is 483 g/mol. The Hall–Kier alpha value is -4.48. The molecule has 1 aliphatic carbocycles. The van der Waals surface area contributed by atoms with Crippen molar-refractivity contribution in [1.82, 2.24) is 30.7 Å². The van der Waals surface area contributed by atoms with E-state index in [-0.39, 0.29) is 0 Å². The molecule has 0 saturated heterocycles. The molecule has 5 rings (SSSR count). The maximum Gasteiger partial charge on any atom is 0.164 e. The van der Waals surface area contributed by atoms with Crippen LogP contribution < -0.4 is 21.3 Å². The molecule has 4 heterocycles. The van der Waals surface area contributed by atoms with Crippen molar-refractivity contribution in [3.8, 4) is 18.0 Å². The summed E-state index contributed by atoms with van der Waals surface area (Å²) in [7, 11) is 0. The van der Waals surface area contributed by atoms with Gasteiger partial charge in [-0.25, -0.2) is 9.97 Å². The van der Waals surface area contributed by atoms with Crippen molar-refractivity contribution in [2.75, 3.05) is 10.3 Å². The van der Waals surface area contributed by atoms with Gasteiger partial charge in [-0.1, -0.05) is 0 Å². The van der Waals surface area contributed by atoms with Gasteiger partial charge in [0.2, 0.25) is 0 Å². The fourth-order valence-corrected chi connectivity index (χ4v) is 4.79. The Labute approximate surface area is 208 Å². The molecule has 1 aliphatic heterocycles. The van der Waals surface area contributed by atoms with Gasteiger partial charge in [0.25, 0.3) is 0 Å². The lowest BCUT2D eigenvalue weighted by molar-refractivity contribution is -0.108. The lowest BCUT2D eigenvalue weighted by Crippen LogP contribution is -2.38. The predicted octanol–water partition coefficient (Wildman–Crippen LogP) is 3.08. The maximum atomic E-state index is 10.8. The minimum Gasteiger partial charge on any atom is -0.368 e. The molecule has 1 fully saturated rings. The Morgan fingerprint density at radius 3 is 2.78 bits per heavy atom. The highest BCUT2D eigenvalue weighted by Gasteiger charge is 2.28. The van der Waals surface area contributed by atoms with E-state index in [0.29, 0.717) is 41.0 Å². The van der Waals surface area contributed by atoms with Gasteiger partial charge in [-0.2, -0.15) is 20.3 Å². The van der Waals surface area contributed by atoms with Crippen LogP contribution in [0.4, 0.5) is 11.4 Å². The number of hydrogen-bond donors (Lipinski definition) is 3. The molecule has 3 aromatic heterocycles. The lowest BCUT2D eigenvalue weighted by Gasteiger charge is -2.27. The number of hydrazine groups is 2. The minimum atomic E-state index is -0.434. The van der Waals surface area contributed by atoms with E-state index in [1.54, 1.807) is 30.1 Å². The first-order valence-corrected chi connectivity index (χ1v) is 12.0. The number of allylic oxidation sites excluding steroid dienone is 1. The van der Waals surface area contributed by atoms with Gasteiger partial charge in [-0.05, 0) is 44.6 Å². The van der Waals surface area contributed by atoms with Crippen molar-refractivity contribution in [3.63, 3.8) is 0 Å². The van der Waals surface area contributed by atoms with Gasteiger partial charge < -0.3 is 15.5 Å². The number of nitriles is 2. The van der Waals surface area contributed by atoms with Crippen LogP contribution in [0.3, 0.4) is 0 Å². The van der Waals surface area contributed by atoms with Crippen LogP contribution in [0.15, 0.2) is 42.6 Å². The molecule has 1 saturated carbocycles. The van der Waals surface area contributed by atoms with Crippen LogP contribution in [0, 0.1) is 34.5 Å². The number of nitrogens with zero attached hydrogens (tertiary/aromatic N) is 7. The fourth-order valence-electron chi connectivity index (χ4n) is 4.79. The largest absolute Gasteiger partial charge is 0.368 e. The summed E-state index contributed by atoms with van der Waals surface area (Å²) in [5, 5.41) is 28.8. The maximum absolute atomic E-state index is 10.8. The lowest BCUT2D eigenvalue weighted by atomic mass is 9.79. The Bertz CT molecular complexity index is 1390. The van der Waals surface area contributed by atoms with Gasteiger partial charge in [0, 0.05) is 41.9 Å². The average Bonchev–Trinajstić information content (AvgIpc) is 3.56. The minimum absolute atomic E-state index is 0.395. The van der Waals surface area contributed by atoms with Crippen molar-refractivity contribution in [1.29, 1.82) is 10.5 Å². The van der Waals surface area contributed by atoms with E-state index in [2.05, 4.69) is 43.5 Å². The molecule has 0 amide bonds.